The third-order valence-corrected chi connectivity index (χ3v) is 6.35. The lowest BCUT2D eigenvalue weighted by molar-refractivity contribution is 0.0693. The van der Waals surface area contributed by atoms with Gasteiger partial charge in [-0.25, -0.2) is 8.42 Å². The van der Waals surface area contributed by atoms with Crippen molar-refractivity contribution in [3.63, 3.8) is 0 Å². The third-order valence-electron chi connectivity index (χ3n) is 4.49. The van der Waals surface area contributed by atoms with Crippen LogP contribution in [0.4, 0.5) is 0 Å². The predicted octanol–water partition coefficient (Wildman–Crippen LogP) is 0.285. The molecule has 1 fully saturated rings. The number of nitrogens with zero attached hydrogens (tertiary/aromatic N) is 2. The van der Waals surface area contributed by atoms with Gasteiger partial charge in [-0.1, -0.05) is 0 Å². The lowest BCUT2D eigenvalue weighted by atomic mass is 10.1. The predicted molar refractivity (Wildman–Crippen MR) is 83.7 cm³/mol. The van der Waals surface area contributed by atoms with Crippen molar-refractivity contribution in [2.24, 2.45) is 0 Å². The molecule has 7 nitrogen and oxygen atoms in total. The van der Waals surface area contributed by atoms with Gasteiger partial charge in [0.2, 0.25) is 10.0 Å². The SMILES string of the molecule is CNC1CCCN(S(=O)(=O)c2ccc3c(c2)C(=O)N(C)C3=O)C1. The third kappa shape index (κ3) is 2.56. The molecular formula is C15H19N3O4S. The van der Waals surface area contributed by atoms with Crippen molar-refractivity contribution < 1.29 is 18.0 Å². The van der Waals surface area contributed by atoms with Gasteiger partial charge in [-0.2, -0.15) is 4.31 Å². The number of imide groups is 1. The summed E-state index contributed by atoms with van der Waals surface area (Å²) in [6, 6.07) is 4.27. The minimum atomic E-state index is -3.67. The van der Waals surface area contributed by atoms with Crippen LogP contribution < -0.4 is 5.32 Å². The Balaban J connectivity index is 1.96. The second-order valence-corrected chi connectivity index (χ2v) is 7.81. The number of carbonyl (C=O) groups excluding carboxylic acids is 2. The molecule has 0 spiro atoms. The van der Waals surface area contributed by atoms with Crippen molar-refractivity contribution in [3.05, 3.63) is 29.3 Å². The van der Waals surface area contributed by atoms with Crippen LogP contribution in [0.5, 0.6) is 0 Å². The normalized spacial score (nSPS) is 22.5. The van der Waals surface area contributed by atoms with E-state index in [2.05, 4.69) is 5.32 Å². The summed E-state index contributed by atoms with van der Waals surface area (Å²) in [5, 5.41) is 3.11. The molecule has 1 unspecified atom stereocenters. The molecule has 1 N–H and O–H groups in total. The van der Waals surface area contributed by atoms with Crippen LogP contribution in [0, 0.1) is 0 Å². The molecule has 1 atom stereocenters. The summed E-state index contributed by atoms with van der Waals surface area (Å²) in [6.07, 6.45) is 1.72. The number of nitrogens with one attached hydrogen (secondary N) is 1. The van der Waals surface area contributed by atoms with Gasteiger partial charge in [0, 0.05) is 26.2 Å². The number of fused-ring (bicyclic) bond motifs is 1. The maximum Gasteiger partial charge on any atom is 0.261 e. The van der Waals surface area contributed by atoms with Crippen molar-refractivity contribution >= 4 is 21.8 Å². The Bertz CT molecular complexity index is 775. The van der Waals surface area contributed by atoms with Gasteiger partial charge < -0.3 is 5.32 Å². The molecular weight excluding hydrogens is 318 g/mol. The number of rotatable bonds is 3. The van der Waals surface area contributed by atoms with Gasteiger partial charge in [0.25, 0.3) is 11.8 Å². The smallest absolute Gasteiger partial charge is 0.261 e. The van der Waals surface area contributed by atoms with Crippen LogP contribution in [0.1, 0.15) is 33.6 Å². The summed E-state index contributed by atoms with van der Waals surface area (Å²) in [5.74, 6) is -0.865. The Kier molecular flexibility index (Phi) is 3.99. The Morgan fingerprint density at radius 1 is 1.17 bits per heavy atom. The summed E-state index contributed by atoms with van der Waals surface area (Å²) in [4.78, 5) is 25.0. The second-order valence-electron chi connectivity index (χ2n) is 5.87. The zero-order valence-electron chi connectivity index (χ0n) is 13.1. The van der Waals surface area contributed by atoms with Crippen LogP contribution in [0.3, 0.4) is 0 Å². The number of likely N-dealkylation sites (N-methyl/N-ethyl adjacent to an activating group) is 1. The van der Waals surface area contributed by atoms with Crippen molar-refractivity contribution in [3.8, 4) is 0 Å². The fraction of sp³-hybridized carbons (Fsp3) is 0.467. The van der Waals surface area contributed by atoms with Crippen molar-refractivity contribution in [2.45, 2.75) is 23.8 Å². The number of benzene rings is 1. The molecule has 2 aliphatic heterocycles. The number of piperidine rings is 1. The molecule has 2 heterocycles. The summed E-state index contributed by atoms with van der Waals surface area (Å²) < 4.78 is 27.0. The monoisotopic (exact) mass is 337 g/mol. The van der Waals surface area contributed by atoms with Crippen molar-refractivity contribution in [1.82, 2.24) is 14.5 Å². The van der Waals surface area contributed by atoms with Crippen LogP contribution in [0.2, 0.25) is 0 Å². The van der Waals surface area contributed by atoms with Crippen molar-refractivity contribution in [2.75, 3.05) is 27.2 Å². The zero-order valence-corrected chi connectivity index (χ0v) is 13.9. The minimum Gasteiger partial charge on any atom is -0.316 e. The molecule has 0 bridgehead atoms. The topological polar surface area (TPSA) is 86.8 Å². The summed E-state index contributed by atoms with van der Waals surface area (Å²) >= 11 is 0. The Labute approximate surface area is 135 Å². The van der Waals surface area contributed by atoms with Gasteiger partial charge in [0.05, 0.1) is 16.0 Å². The standard InChI is InChI=1S/C15H19N3O4S/c1-16-10-4-3-7-18(9-10)23(21,22)11-5-6-12-13(8-11)15(20)17(2)14(12)19/h5-6,8,10,16H,3-4,7,9H2,1-2H3. The van der Waals surface area contributed by atoms with E-state index in [4.69, 9.17) is 0 Å². The van der Waals surface area contributed by atoms with Crippen molar-refractivity contribution in [1.29, 1.82) is 0 Å². The fourth-order valence-corrected chi connectivity index (χ4v) is 4.60. The average molecular weight is 337 g/mol. The molecule has 0 saturated carbocycles. The molecule has 2 aliphatic rings. The highest BCUT2D eigenvalue weighted by Crippen LogP contribution is 2.27. The number of carbonyl (C=O) groups is 2. The van der Waals surface area contributed by atoms with E-state index in [1.165, 1.54) is 29.6 Å². The maximum atomic E-state index is 12.8. The Morgan fingerprint density at radius 2 is 1.87 bits per heavy atom. The summed E-state index contributed by atoms with van der Waals surface area (Å²) in [7, 11) is -0.468. The van der Waals surface area contributed by atoms with Crippen LogP contribution in [0.25, 0.3) is 0 Å². The van der Waals surface area contributed by atoms with E-state index in [1.54, 1.807) is 0 Å². The first-order chi connectivity index (χ1) is 10.9. The van der Waals surface area contributed by atoms with Crippen LogP contribution in [0.15, 0.2) is 23.1 Å². The van der Waals surface area contributed by atoms with Gasteiger partial charge in [-0.3, -0.25) is 14.5 Å². The molecule has 124 valence electrons. The molecule has 0 aliphatic carbocycles. The van der Waals surface area contributed by atoms with Gasteiger partial charge in [-0.15, -0.1) is 0 Å². The zero-order chi connectivity index (χ0) is 16.8. The van der Waals surface area contributed by atoms with E-state index in [9.17, 15) is 18.0 Å². The fourth-order valence-electron chi connectivity index (χ4n) is 3.05. The number of sulfonamides is 1. The maximum absolute atomic E-state index is 12.8. The molecule has 0 radical (unpaired) electrons. The second kappa shape index (κ2) is 5.70. The first kappa shape index (κ1) is 16.1. The molecule has 2 amide bonds. The lowest BCUT2D eigenvalue weighted by Crippen LogP contribution is -2.46. The molecule has 3 rings (SSSR count). The molecule has 1 aromatic carbocycles. The first-order valence-electron chi connectivity index (χ1n) is 7.50. The summed E-state index contributed by atoms with van der Waals surface area (Å²) in [5.41, 5.74) is 0.406. The van der Waals surface area contributed by atoms with Gasteiger partial charge >= 0.3 is 0 Å². The van der Waals surface area contributed by atoms with E-state index < -0.39 is 21.8 Å². The van der Waals surface area contributed by atoms with E-state index in [0.29, 0.717) is 13.1 Å². The average Bonchev–Trinajstić information content (AvgIpc) is 2.79. The van der Waals surface area contributed by atoms with Gasteiger partial charge in [0.1, 0.15) is 0 Å². The molecule has 1 aromatic rings. The van der Waals surface area contributed by atoms with Gasteiger partial charge in [0.15, 0.2) is 0 Å². The first-order valence-corrected chi connectivity index (χ1v) is 8.94. The van der Waals surface area contributed by atoms with E-state index in [1.807, 2.05) is 7.05 Å². The lowest BCUT2D eigenvalue weighted by Gasteiger charge is -2.31. The highest BCUT2D eigenvalue weighted by atomic mass is 32.2. The molecule has 8 heteroatoms. The minimum absolute atomic E-state index is 0.0597. The number of hydrogen-bond acceptors (Lipinski definition) is 5. The Morgan fingerprint density at radius 3 is 2.57 bits per heavy atom. The van der Waals surface area contributed by atoms with E-state index in [-0.39, 0.29) is 22.1 Å². The van der Waals surface area contributed by atoms with Gasteiger partial charge in [-0.05, 0) is 38.1 Å². The Hall–Kier alpha value is -1.77. The number of hydrogen-bond donors (Lipinski definition) is 1. The highest BCUT2D eigenvalue weighted by molar-refractivity contribution is 7.89. The molecule has 1 saturated heterocycles. The van der Waals surface area contributed by atoms with Crippen LogP contribution in [-0.2, 0) is 10.0 Å². The highest BCUT2D eigenvalue weighted by Gasteiger charge is 2.35. The molecule has 23 heavy (non-hydrogen) atoms. The van der Waals surface area contributed by atoms with Crippen LogP contribution >= 0.6 is 0 Å². The largest absolute Gasteiger partial charge is 0.316 e. The summed E-state index contributed by atoms with van der Waals surface area (Å²) in [6.45, 7) is 0.868. The van der Waals surface area contributed by atoms with E-state index in [0.717, 1.165) is 17.7 Å². The molecule has 0 aromatic heterocycles. The number of amides is 2. The van der Waals surface area contributed by atoms with E-state index >= 15 is 0 Å². The van der Waals surface area contributed by atoms with Crippen LogP contribution in [-0.4, -0.2) is 62.7 Å². The quantitative estimate of drug-likeness (QED) is 0.801.